The number of aryl methyl sites for hydroxylation is 2. The standard InChI is InChI=1S/C16H18OS/c1-12-9-15(17-3)10-13(2)16(12)18-11-14-7-5-4-6-8-14/h4-10H,11H2,1-3H3. The first-order chi connectivity index (χ1) is 8.70. The zero-order chi connectivity index (χ0) is 13.0. The number of ether oxygens (including phenoxy) is 1. The van der Waals surface area contributed by atoms with Crippen molar-refractivity contribution in [2.75, 3.05) is 7.11 Å². The molecule has 0 spiro atoms. The van der Waals surface area contributed by atoms with E-state index < -0.39 is 0 Å². The Morgan fingerprint density at radius 2 is 1.61 bits per heavy atom. The van der Waals surface area contributed by atoms with Crippen molar-refractivity contribution in [2.24, 2.45) is 0 Å². The average Bonchev–Trinajstić information content (AvgIpc) is 2.38. The summed E-state index contributed by atoms with van der Waals surface area (Å²) in [6, 6.07) is 14.8. The van der Waals surface area contributed by atoms with Gasteiger partial charge in [-0.05, 0) is 42.7 Å². The minimum Gasteiger partial charge on any atom is -0.497 e. The Labute approximate surface area is 113 Å². The van der Waals surface area contributed by atoms with Crippen molar-refractivity contribution in [3.8, 4) is 5.75 Å². The molecule has 0 radical (unpaired) electrons. The van der Waals surface area contributed by atoms with Gasteiger partial charge in [-0.25, -0.2) is 0 Å². The smallest absolute Gasteiger partial charge is 0.119 e. The first-order valence-corrected chi connectivity index (χ1v) is 7.01. The number of benzene rings is 2. The maximum Gasteiger partial charge on any atom is 0.119 e. The highest BCUT2D eigenvalue weighted by atomic mass is 32.2. The Kier molecular flexibility index (Phi) is 4.32. The van der Waals surface area contributed by atoms with Gasteiger partial charge in [0.1, 0.15) is 5.75 Å². The van der Waals surface area contributed by atoms with E-state index in [1.165, 1.54) is 21.6 Å². The van der Waals surface area contributed by atoms with Gasteiger partial charge in [-0.2, -0.15) is 0 Å². The molecular formula is C16H18OS. The highest BCUT2D eigenvalue weighted by Crippen LogP contribution is 2.32. The van der Waals surface area contributed by atoms with Gasteiger partial charge in [0.25, 0.3) is 0 Å². The van der Waals surface area contributed by atoms with Gasteiger partial charge in [0.2, 0.25) is 0 Å². The van der Waals surface area contributed by atoms with E-state index in [-0.39, 0.29) is 0 Å². The van der Waals surface area contributed by atoms with E-state index in [0.717, 1.165) is 11.5 Å². The SMILES string of the molecule is COc1cc(C)c(SCc2ccccc2)c(C)c1. The van der Waals surface area contributed by atoms with Gasteiger partial charge >= 0.3 is 0 Å². The summed E-state index contributed by atoms with van der Waals surface area (Å²) in [5.74, 6) is 1.95. The third kappa shape index (κ3) is 3.08. The van der Waals surface area contributed by atoms with Gasteiger partial charge in [-0.1, -0.05) is 30.3 Å². The van der Waals surface area contributed by atoms with E-state index in [1.807, 2.05) is 11.8 Å². The maximum absolute atomic E-state index is 5.28. The molecule has 0 aliphatic heterocycles. The Hall–Kier alpha value is -1.41. The van der Waals surface area contributed by atoms with Crippen LogP contribution >= 0.6 is 11.8 Å². The van der Waals surface area contributed by atoms with Crippen LogP contribution in [0, 0.1) is 13.8 Å². The summed E-state index contributed by atoms with van der Waals surface area (Å²) in [5.41, 5.74) is 3.93. The molecule has 0 aliphatic carbocycles. The summed E-state index contributed by atoms with van der Waals surface area (Å²) in [7, 11) is 1.71. The number of hydrogen-bond acceptors (Lipinski definition) is 2. The predicted octanol–water partition coefficient (Wildman–Crippen LogP) is 4.60. The van der Waals surface area contributed by atoms with Crippen molar-refractivity contribution in [1.29, 1.82) is 0 Å². The van der Waals surface area contributed by atoms with Crippen LogP contribution in [0.4, 0.5) is 0 Å². The molecule has 0 N–H and O–H groups in total. The van der Waals surface area contributed by atoms with Gasteiger partial charge in [-0.15, -0.1) is 11.8 Å². The number of methoxy groups -OCH3 is 1. The van der Waals surface area contributed by atoms with Crippen molar-refractivity contribution >= 4 is 11.8 Å². The molecule has 0 bridgehead atoms. The maximum atomic E-state index is 5.28. The van der Waals surface area contributed by atoms with Crippen LogP contribution in [0.25, 0.3) is 0 Å². The minimum atomic E-state index is 0.939. The zero-order valence-corrected chi connectivity index (χ0v) is 11.9. The van der Waals surface area contributed by atoms with E-state index >= 15 is 0 Å². The van der Waals surface area contributed by atoms with Crippen molar-refractivity contribution in [1.82, 2.24) is 0 Å². The molecule has 2 aromatic rings. The average molecular weight is 258 g/mol. The normalized spacial score (nSPS) is 10.4. The van der Waals surface area contributed by atoms with Crippen molar-refractivity contribution in [3.63, 3.8) is 0 Å². The van der Waals surface area contributed by atoms with E-state index in [1.54, 1.807) is 7.11 Å². The Morgan fingerprint density at radius 1 is 1.00 bits per heavy atom. The first kappa shape index (κ1) is 13.0. The molecule has 0 atom stereocenters. The molecule has 0 unspecified atom stereocenters. The molecule has 0 aromatic heterocycles. The zero-order valence-electron chi connectivity index (χ0n) is 11.1. The summed E-state index contributed by atoms with van der Waals surface area (Å²) in [5, 5.41) is 0. The summed E-state index contributed by atoms with van der Waals surface area (Å²) < 4.78 is 5.28. The molecule has 94 valence electrons. The summed E-state index contributed by atoms with van der Waals surface area (Å²) in [6.07, 6.45) is 0. The van der Waals surface area contributed by atoms with E-state index in [0.29, 0.717) is 0 Å². The van der Waals surface area contributed by atoms with Crippen LogP contribution in [0.15, 0.2) is 47.4 Å². The number of rotatable bonds is 4. The van der Waals surface area contributed by atoms with Crippen LogP contribution < -0.4 is 4.74 Å². The molecule has 2 aromatic carbocycles. The first-order valence-electron chi connectivity index (χ1n) is 6.02. The van der Waals surface area contributed by atoms with Crippen molar-refractivity contribution < 1.29 is 4.74 Å². The highest BCUT2D eigenvalue weighted by molar-refractivity contribution is 7.98. The fourth-order valence-electron chi connectivity index (χ4n) is 1.99. The minimum absolute atomic E-state index is 0.939. The van der Waals surface area contributed by atoms with Crippen molar-refractivity contribution in [3.05, 3.63) is 59.2 Å². The molecule has 0 saturated heterocycles. The fraction of sp³-hybridized carbons (Fsp3) is 0.250. The number of thioether (sulfide) groups is 1. The number of hydrogen-bond donors (Lipinski definition) is 0. The van der Waals surface area contributed by atoms with Crippen LogP contribution in [0.5, 0.6) is 5.75 Å². The summed E-state index contributed by atoms with van der Waals surface area (Å²) >= 11 is 1.89. The largest absolute Gasteiger partial charge is 0.497 e. The lowest BCUT2D eigenvalue weighted by Gasteiger charge is -2.11. The fourth-order valence-corrected chi connectivity index (χ4v) is 3.06. The monoisotopic (exact) mass is 258 g/mol. The van der Waals surface area contributed by atoms with Crippen LogP contribution in [0.1, 0.15) is 16.7 Å². The van der Waals surface area contributed by atoms with Gasteiger partial charge in [0, 0.05) is 10.6 Å². The third-order valence-electron chi connectivity index (χ3n) is 2.90. The molecule has 0 aliphatic rings. The van der Waals surface area contributed by atoms with Crippen LogP contribution in [0.2, 0.25) is 0 Å². The Balaban J connectivity index is 2.15. The van der Waals surface area contributed by atoms with Crippen molar-refractivity contribution in [2.45, 2.75) is 24.5 Å². The van der Waals surface area contributed by atoms with Gasteiger partial charge < -0.3 is 4.74 Å². The van der Waals surface area contributed by atoms with Gasteiger partial charge in [0.15, 0.2) is 0 Å². The van der Waals surface area contributed by atoms with Gasteiger partial charge in [-0.3, -0.25) is 0 Å². The molecular weight excluding hydrogens is 240 g/mol. The van der Waals surface area contributed by atoms with E-state index in [9.17, 15) is 0 Å². The molecule has 0 amide bonds. The lowest BCUT2D eigenvalue weighted by molar-refractivity contribution is 0.413. The second-order valence-electron chi connectivity index (χ2n) is 4.36. The lowest BCUT2D eigenvalue weighted by Crippen LogP contribution is -1.90. The quantitative estimate of drug-likeness (QED) is 0.741. The van der Waals surface area contributed by atoms with Crippen LogP contribution in [-0.2, 0) is 5.75 Å². The molecule has 0 fully saturated rings. The summed E-state index contributed by atoms with van der Waals surface area (Å²) in [4.78, 5) is 1.36. The molecule has 1 nitrogen and oxygen atoms in total. The molecule has 18 heavy (non-hydrogen) atoms. The second kappa shape index (κ2) is 5.96. The van der Waals surface area contributed by atoms with Gasteiger partial charge in [0.05, 0.1) is 7.11 Å². The third-order valence-corrected chi connectivity index (χ3v) is 4.31. The lowest BCUT2D eigenvalue weighted by atomic mass is 10.1. The predicted molar refractivity (Wildman–Crippen MR) is 78.5 cm³/mol. The Bertz CT molecular complexity index is 497. The molecule has 2 heteroatoms. The molecule has 0 saturated carbocycles. The summed E-state index contributed by atoms with van der Waals surface area (Å²) in [6.45, 7) is 4.28. The second-order valence-corrected chi connectivity index (χ2v) is 5.35. The Morgan fingerprint density at radius 3 is 2.17 bits per heavy atom. The topological polar surface area (TPSA) is 9.23 Å². The van der Waals surface area contributed by atoms with Crippen LogP contribution in [0.3, 0.4) is 0 Å². The van der Waals surface area contributed by atoms with Crippen LogP contribution in [-0.4, -0.2) is 7.11 Å². The highest BCUT2D eigenvalue weighted by Gasteiger charge is 2.06. The van der Waals surface area contributed by atoms with E-state index in [2.05, 4.69) is 56.3 Å². The molecule has 0 heterocycles. The van der Waals surface area contributed by atoms with E-state index in [4.69, 9.17) is 4.74 Å². The molecule has 2 rings (SSSR count).